The Morgan fingerprint density at radius 1 is 1.07 bits per heavy atom. The standard InChI is InChI=1S/C23H26N4O2/c1-4-26(20-12-8-9-17(2)15-20)14-13-24-23(29)22-21(28)16-18(3)27(25-22)19-10-6-5-7-11-19/h5-12,15-16H,4,13-14H2,1-3H3,(H,24,29). The third kappa shape index (κ3) is 4.90. The minimum atomic E-state index is -0.458. The van der Waals surface area contributed by atoms with Crippen LogP contribution in [0.25, 0.3) is 5.69 Å². The maximum absolute atomic E-state index is 12.6. The fourth-order valence-corrected chi connectivity index (χ4v) is 3.22. The van der Waals surface area contributed by atoms with Crippen LogP contribution in [0.4, 0.5) is 5.69 Å². The largest absolute Gasteiger partial charge is 0.370 e. The first-order chi connectivity index (χ1) is 14.0. The Morgan fingerprint density at radius 2 is 1.83 bits per heavy atom. The summed E-state index contributed by atoms with van der Waals surface area (Å²) in [6.07, 6.45) is 0. The van der Waals surface area contributed by atoms with Gasteiger partial charge in [-0.15, -0.1) is 0 Å². The summed E-state index contributed by atoms with van der Waals surface area (Å²) in [5.41, 5.74) is 3.30. The molecule has 1 aromatic heterocycles. The van der Waals surface area contributed by atoms with Gasteiger partial charge in [0, 0.05) is 37.1 Å². The van der Waals surface area contributed by atoms with Crippen molar-refractivity contribution in [2.24, 2.45) is 0 Å². The summed E-state index contributed by atoms with van der Waals surface area (Å²) in [6, 6.07) is 19.1. The molecule has 1 amide bonds. The lowest BCUT2D eigenvalue weighted by Crippen LogP contribution is -2.37. The second kappa shape index (κ2) is 9.19. The monoisotopic (exact) mass is 390 g/mol. The van der Waals surface area contributed by atoms with Crippen molar-refractivity contribution in [3.8, 4) is 5.69 Å². The van der Waals surface area contributed by atoms with Gasteiger partial charge in [-0.3, -0.25) is 9.59 Å². The van der Waals surface area contributed by atoms with Crippen LogP contribution in [-0.4, -0.2) is 35.3 Å². The SMILES string of the molecule is CCN(CCNC(=O)c1nn(-c2ccccc2)c(C)cc1=O)c1cccc(C)c1. The van der Waals surface area contributed by atoms with Crippen molar-refractivity contribution in [1.82, 2.24) is 15.1 Å². The molecule has 0 saturated carbocycles. The van der Waals surface area contributed by atoms with Crippen molar-refractivity contribution in [3.63, 3.8) is 0 Å². The molecule has 0 aliphatic carbocycles. The van der Waals surface area contributed by atoms with Gasteiger partial charge in [0.25, 0.3) is 5.91 Å². The van der Waals surface area contributed by atoms with Gasteiger partial charge in [-0.25, -0.2) is 4.68 Å². The molecule has 150 valence electrons. The van der Waals surface area contributed by atoms with Gasteiger partial charge in [0.1, 0.15) is 0 Å². The summed E-state index contributed by atoms with van der Waals surface area (Å²) in [6.45, 7) is 7.81. The molecule has 0 aliphatic rings. The van der Waals surface area contributed by atoms with Gasteiger partial charge in [-0.1, -0.05) is 30.3 Å². The number of aromatic nitrogens is 2. The quantitative estimate of drug-likeness (QED) is 0.673. The van der Waals surface area contributed by atoms with Crippen LogP contribution in [0.5, 0.6) is 0 Å². The third-order valence-corrected chi connectivity index (χ3v) is 4.74. The number of amides is 1. The van der Waals surface area contributed by atoms with E-state index in [1.165, 1.54) is 11.6 Å². The molecule has 0 unspecified atom stereocenters. The van der Waals surface area contributed by atoms with Crippen molar-refractivity contribution in [3.05, 3.63) is 87.8 Å². The Kier molecular flexibility index (Phi) is 6.44. The number of para-hydroxylation sites is 1. The smallest absolute Gasteiger partial charge is 0.275 e. The minimum absolute atomic E-state index is 0.0990. The maximum Gasteiger partial charge on any atom is 0.275 e. The van der Waals surface area contributed by atoms with Gasteiger partial charge in [0.15, 0.2) is 5.69 Å². The highest BCUT2D eigenvalue weighted by Crippen LogP contribution is 2.15. The number of carbonyl (C=O) groups excluding carboxylic acids is 1. The molecule has 6 nitrogen and oxygen atoms in total. The Morgan fingerprint density at radius 3 is 2.52 bits per heavy atom. The minimum Gasteiger partial charge on any atom is -0.370 e. The van der Waals surface area contributed by atoms with E-state index in [1.54, 1.807) is 11.6 Å². The zero-order valence-corrected chi connectivity index (χ0v) is 17.1. The number of carbonyl (C=O) groups is 1. The van der Waals surface area contributed by atoms with Gasteiger partial charge >= 0.3 is 0 Å². The number of likely N-dealkylation sites (N-methyl/N-ethyl adjacent to an activating group) is 1. The Hall–Kier alpha value is -3.41. The number of hydrogen-bond acceptors (Lipinski definition) is 4. The number of anilines is 1. The van der Waals surface area contributed by atoms with Crippen LogP contribution in [0.15, 0.2) is 65.5 Å². The molecule has 0 bridgehead atoms. The molecule has 0 fully saturated rings. The van der Waals surface area contributed by atoms with E-state index >= 15 is 0 Å². The number of nitrogens with zero attached hydrogens (tertiary/aromatic N) is 3. The lowest BCUT2D eigenvalue weighted by Gasteiger charge is -2.23. The van der Waals surface area contributed by atoms with E-state index in [-0.39, 0.29) is 11.1 Å². The zero-order valence-electron chi connectivity index (χ0n) is 17.1. The lowest BCUT2D eigenvalue weighted by molar-refractivity contribution is 0.0946. The van der Waals surface area contributed by atoms with Crippen LogP contribution >= 0.6 is 0 Å². The highest BCUT2D eigenvalue weighted by molar-refractivity contribution is 5.92. The van der Waals surface area contributed by atoms with E-state index in [0.717, 1.165) is 17.9 Å². The fraction of sp³-hybridized carbons (Fsp3) is 0.261. The predicted molar refractivity (Wildman–Crippen MR) is 116 cm³/mol. The number of hydrogen-bond donors (Lipinski definition) is 1. The second-order valence-electron chi connectivity index (χ2n) is 6.92. The van der Waals surface area contributed by atoms with E-state index in [1.807, 2.05) is 36.4 Å². The molecule has 1 heterocycles. The lowest BCUT2D eigenvalue weighted by atomic mass is 10.2. The number of rotatable bonds is 7. The normalized spacial score (nSPS) is 10.6. The zero-order chi connectivity index (χ0) is 20.8. The first-order valence-electron chi connectivity index (χ1n) is 9.76. The summed E-state index contributed by atoms with van der Waals surface area (Å²) >= 11 is 0. The van der Waals surface area contributed by atoms with Crippen molar-refractivity contribution < 1.29 is 4.79 Å². The average Bonchev–Trinajstić information content (AvgIpc) is 2.72. The van der Waals surface area contributed by atoms with Gasteiger partial charge in [0.2, 0.25) is 5.43 Å². The summed E-state index contributed by atoms with van der Waals surface area (Å²) in [4.78, 5) is 27.1. The second-order valence-corrected chi connectivity index (χ2v) is 6.92. The first-order valence-corrected chi connectivity index (χ1v) is 9.76. The molecular weight excluding hydrogens is 364 g/mol. The van der Waals surface area contributed by atoms with Crippen LogP contribution in [0.1, 0.15) is 28.7 Å². The summed E-state index contributed by atoms with van der Waals surface area (Å²) in [7, 11) is 0. The molecule has 3 aromatic rings. The predicted octanol–water partition coefficient (Wildman–Crippen LogP) is 3.11. The van der Waals surface area contributed by atoms with E-state index in [0.29, 0.717) is 18.8 Å². The topological polar surface area (TPSA) is 67.2 Å². The average molecular weight is 390 g/mol. The molecule has 3 rings (SSSR count). The molecule has 29 heavy (non-hydrogen) atoms. The first kappa shape index (κ1) is 20.3. The number of nitrogens with one attached hydrogen (secondary N) is 1. The molecule has 0 saturated heterocycles. The Balaban J connectivity index is 1.71. The van der Waals surface area contributed by atoms with Crippen LogP contribution in [0.3, 0.4) is 0 Å². The maximum atomic E-state index is 12.6. The van der Waals surface area contributed by atoms with Gasteiger partial charge in [-0.05, 0) is 50.6 Å². The molecule has 0 atom stereocenters. The fourth-order valence-electron chi connectivity index (χ4n) is 3.22. The number of aryl methyl sites for hydroxylation is 2. The molecule has 0 spiro atoms. The summed E-state index contributed by atoms with van der Waals surface area (Å²) in [5, 5.41) is 7.14. The summed E-state index contributed by atoms with van der Waals surface area (Å²) < 4.78 is 1.61. The van der Waals surface area contributed by atoms with Crippen LogP contribution < -0.4 is 15.6 Å². The molecule has 2 aromatic carbocycles. The van der Waals surface area contributed by atoms with Crippen LogP contribution in [0.2, 0.25) is 0 Å². The van der Waals surface area contributed by atoms with Crippen molar-refractivity contribution >= 4 is 11.6 Å². The Labute approximate surface area is 170 Å². The third-order valence-electron chi connectivity index (χ3n) is 4.74. The van der Waals surface area contributed by atoms with E-state index in [4.69, 9.17) is 0 Å². The molecule has 6 heteroatoms. The van der Waals surface area contributed by atoms with Crippen LogP contribution in [0, 0.1) is 13.8 Å². The van der Waals surface area contributed by atoms with E-state index in [9.17, 15) is 9.59 Å². The Bertz CT molecular complexity index is 1040. The number of benzene rings is 2. The van der Waals surface area contributed by atoms with Crippen molar-refractivity contribution in [1.29, 1.82) is 0 Å². The van der Waals surface area contributed by atoms with Gasteiger partial charge in [0.05, 0.1) is 5.69 Å². The van der Waals surface area contributed by atoms with Crippen LogP contribution in [-0.2, 0) is 0 Å². The highest BCUT2D eigenvalue weighted by atomic mass is 16.2. The van der Waals surface area contributed by atoms with Gasteiger partial charge in [-0.2, -0.15) is 5.10 Å². The van der Waals surface area contributed by atoms with Gasteiger partial charge < -0.3 is 10.2 Å². The van der Waals surface area contributed by atoms with E-state index in [2.05, 4.69) is 47.4 Å². The van der Waals surface area contributed by atoms with Crippen molar-refractivity contribution in [2.45, 2.75) is 20.8 Å². The summed E-state index contributed by atoms with van der Waals surface area (Å²) in [5.74, 6) is -0.458. The van der Waals surface area contributed by atoms with Crippen molar-refractivity contribution in [2.75, 3.05) is 24.5 Å². The highest BCUT2D eigenvalue weighted by Gasteiger charge is 2.15. The molecule has 0 radical (unpaired) electrons. The van der Waals surface area contributed by atoms with E-state index < -0.39 is 5.91 Å². The molecule has 0 aliphatic heterocycles. The molecular formula is C23H26N4O2. The molecule has 1 N–H and O–H groups in total.